The van der Waals surface area contributed by atoms with Gasteiger partial charge in [0.05, 0.1) is 5.56 Å². The van der Waals surface area contributed by atoms with Crippen LogP contribution >= 0.6 is 15.9 Å². The average Bonchev–Trinajstić information content (AvgIpc) is 2.93. The number of hydrogen-bond acceptors (Lipinski definition) is 3. The van der Waals surface area contributed by atoms with Crippen LogP contribution < -0.4 is 5.73 Å². The van der Waals surface area contributed by atoms with E-state index in [0.717, 1.165) is 27.8 Å². The van der Waals surface area contributed by atoms with E-state index in [4.69, 9.17) is 10.3 Å². The molecule has 0 saturated heterocycles. The third-order valence-corrected chi connectivity index (χ3v) is 4.98. The van der Waals surface area contributed by atoms with E-state index < -0.39 is 0 Å². The largest absolute Gasteiger partial charge is 0.380 e. The Morgan fingerprint density at radius 3 is 2.60 bits per heavy atom. The van der Waals surface area contributed by atoms with Gasteiger partial charge in [0.1, 0.15) is 5.76 Å². The summed E-state index contributed by atoms with van der Waals surface area (Å²) in [6, 6.07) is 8.15. The summed E-state index contributed by atoms with van der Waals surface area (Å²) >= 11 is 3.46. The number of nitrogens with two attached hydrogens (primary N) is 1. The minimum Gasteiger partial charge on any atom is -0.380 e. The molecule has 1 fully saturated rings. The first-order chi connectivity index (χ1) is 9.49. The normalized spacial score (nSPS) is 21.2. The zero-order valence-corrected chi connectivity index (χ0v) is 13.4. The van der Waals surface area contributed by atoms with Crippen LogP contribution in [0.4, 0.5) is 5.82 Å². The summed E-state index contributed by atoms with van der Waals surface area (Å²) in [5.41, 5.74) is 8.34. The molecule has 0 amide bonds. The van der Waals surface area contributed by atoms with Gasteiger partial charge in [0, 0.05) is 10.4 Å². The number of halogens is 1. The fourth-order valence-corrected chi connectivity index (χ4v) is 3.54. The molecule has 3 nitrogen and oxygen atoms in total. The van der Waals surface area contributed by atoms with E-state index in [1.165, 1.54) is 12.8 Å². The topological polar surface area (TPSA) is 52.0 Å². The molecular weight excluding hydrogens is 316 g/mol. The first-order valence-electron chi connectivity index (χ1n) is 7.00. The van der Waals surface area contributed by atoms with Crippen molar-refractivity contribution in [1.29, 1.82) is 0 Å². The molecule has 2 aromatic rings. The molecule has 1 atom stereocenters. The predicted molar refractivity (Wildman–Crippen MR) is 84.4 cm³/mol. The Kier molecular flexibility index (Phi) is 3.36. The summed E-state index contributed by atoms with van der Waals surface area (Å²) in [5.74, 6) is 1.84. The second-order valence-corrected chi connectivity index (χ2v) is 7.16. The Balaban J connectivity index is 2.08. The molecule has 1 saturated carbocycles. The molecule has 3 rings (SSSR count). The third kappa shape index (κ3) is 2.26. The highest BCUT2D eigenvalue weighted by atomic mass is 79.9. The van der Waals surface area contributed by atoms with Crippen molar-refractivity contribution in [2.24, 2.45) is 5.41 Å². The molecule has 0 aliphatic heterocycles. The van der Waals surface area contributed by atoms with Crippen molar-refractivity contribution in [3.8, 4) is 11.1 Å². The van der Waals surface area contributed by atoms with Gasteiger partial charge in [-0.3, -0.25) is 0 Å². The predicted octanol–water partition coefficient (Wildman–Crippen LogP) is 4.98. The lowest BCUT2D eigenvalue weighted by Gasteiger charge is -2.25. The Morgan fingerprint density at radius 1 is 1.30 bits per heavy atom. The van der Waals surface area contributed by atoms with Gasteiger partial charge in [-0.15, -0.1) is 0 Å². The zero-order chi connectivity index (χ0) is 14.3. The first-order valence-corrected chi connectivity index (χ1v) is 7.79. The number of benzene rings is 1. The number of hydrogen-bond donors (Lipinski definition) is 1. The zero-order valence-electron chi connectivity index (χ0n) is 11.8. The average molecular weight is 335 g/mol. The van der Waals surface area contributed by atoms with Crippen LogP contribution in [0.1, 0.15) is 44.8 Å². The van der Waals surface area contributed by atoms with Crippen LogP contribution in [0.15, 0.2) is 33.3 Å². The van der Waals surface area contributed by atoms with Crippen LogP contribution in [0.25, 0.3) is 11.1 Å². The van der Waals surface area contributed by atoms with E-state index >= 15 is 0 Å². The lowest BCUT2D eigenvalue weighted by molar-refractivity contribution is 0.269. The van der Waals surface area contributed by atoms with Crippen molar-refractivity contribution >= 4 is 21.7 Å². The maximum atomic E-state index is 6.05. The Morgan fingerprint density at radius 2 is 2.00 bits per heavy atom. The molecule has 4 heteroatoms. The summed E-state index contributed by atoms with van der Waals surface area (Å²) in [5, 5.41) is 4.02. The van der Waals surface area contributed by atoms with Gasteiger partial charge in [0.15, 0.2) is 5.82 Å². The second-order valence-electron chi connectivity index (χ2n) is 6.25. The minimum atomic E-state index is 0.246. The van der Waals surface area contributed by atoms with E-state index in [1.54, 1.807) is 0 Å². The molecule has 1 unspecified atom stereocenters. The van der Waals surface area contributed by atoms with Crippen LogP contribution in [0.2, 0.25) is 0 Å². The number of anilines is 1. The monoisotopic (exact) mass is 334 g/mol. The van der Waals surface area contributed by atoms with Crippen LogP contribution in [0.5, 0.6) is 0 Å². The molecule has 0 spiro atoms. The van der Waals surface area contributed by atoms with E-state index in [-0.39, 0.29) is 5.41 Å². The highest BCUT2D eigenvalue weighted by Gasteiger charge is 2.40. The summed E-state index contributed by atoms with van der Waals surface area (Å²) in [4.78, 5) is 0. The number of rotatable bonds is 2. The second kappa shape index (κ2) is 4.92. The van der Waals surface area contributed by atoms with Crippen LogP contribution in [-0.4, -0.2) is 5.16 Å². The SMILES string of the molecule is CC1(C)CCCC1c1onc(N)c1-c1ccc(Br)cc1. The Labute approximate surface area is 127 Å². The van der Waals surface area contributed by atoms with Gasteiger partial charge in [-0.25, -0.2) is 0 Å². The lowest BCUT2D eigenvalue weighted by atomic mass is 9.79. The van der Waals surface area contributed by atoms with Crippen molar-refractivity contribution in [2.75, 3.05) is 5.73 Å². The van der Waals surface area contributed by atoms with Crippen molar-refractivity contribution in [3.63, 3.8) is 0 Å². The van der Waals surface area contributed by atoms with Crippen molar-refractivity contribution in [3.05, 3.63) is 34.5 Å². The molecule has 0 radical (unpaired) electrons. The van der Waals surface area contributed by atoms with Gasteiger partial charge in [0.25, 0.3) is 0 Å². The van der Waals surface area contributed by atoms with Crippen LogP contribution in [0.3, 0.4) is 0 Å². The summed E-state index contributed by atoms with van der Waals surface area (Å²) in [7, 11) is 0. The van der Waals surface area contributed by atoms with E-state index in [2.05, 4.69) is 47.1 Å². The molecule has 20 heavy (non-hydrogen) atoms. The maximum Gasteiger partial charge on any atom is 0.175 e. The van der Waals surface area contributed by atoms with Crippen LogP contribution in [0, 0.1) is 5.41 Å². The van der Waals surface area contributed by atoms with Gasteiger partial charge in [-0.05, 0) is 36.0 Å². The standard InChI is InChI=1S/C16H19BrN2O/c1-16(2)9-3-4-12(16)14-13(15(18)19-20-14)10-5-7-11(17)8-6-10/h5-8,12H,3-4,9H2,1-2H3,(H2,18,19). The number of aromatic nitrogens is 1. The number of nitrogen functional groups attached to an aromatic ring is 1. The van der Waals surface area contributed by atoms with Crippen molar-refractivity contribution in [2.45, 2.75) is 39.0 Å². The molecule has 2 N–H and O–H groups in total. The van der Waals surface area contributed by atoms with Crippen LogP contribution in [-0.2, 0) is 0 Å². The van der Waals surface area contributed by atoms with Gasteiger partial charge < -0.3 is 10.3 Å². The van der Waals surface area contributed by atoms with Gasteiger partial charge in [-0.1, -0.05) is 53.5 Å². The first kappa shape index (κ1) is 13.7. The van der Waals surface area contributed by atoms with E-state index in [0.29, 0.717) is 11.7 Å². The van der Waals surface area contributed by atoms with E-state index in [1.807, 2.05) is 12.1 Å². The molecule has 1 aliphatic carbocycles. The molecule has 106 valence electrons. The maximum absolute atomic E-state index is 6.05. The van der Waals surface area contributed by atoms with Crippen molar-refractivity contribution in [1.82, 2.24) is 5.16 Å². The fraction of sp³-hybridized carbons (Fsp3) is 0.438. The Bertz CT molecular complexity index is 616. The summed E-state index contributed by atoms with van der Waals surface area (Å²) in [6.45, 7) is 4.60. The summed E-state index contributed by atoms with van der Waals surface area (Å²) in [6.07, 6.45) is 3.60. The number of nitrogens with zero attached hydrogens (tertiary/aromatic N) is 1. The highest BCUT2D eigenvalue weighted by molar-refractivity contribution is 9.10. The Hall–Kier alpha value is -1.29. The molecular formula is C16H19BrN2O. The third-order valence-electron chi connectivity index (χ3n) is 4.45. The lowest BCUT2D eigenvalue weighted by Crippen LogP contribution is -2.15. The van der Waals surface area contributed by atoms with Gasteiger partial charge >= 0.3 is 0 Å². The van der Waals surface area contributed by atoms with Crippen molar-refractivity contribution < 1.29 is 4.52 Å². The minimum absolute atomic E-state index is 0.246. The smallest absolute Gasteiger partial charge is 0.175 e. The fourth-order valence-electron chi connectivity index (χ4n) is 3.27. The quantitative estimate of drug-likeness (QED) is 0.842. The molecule has 0 bridgehead atoms. The molecule has 1 aliphatic rings. The van der Waals surface area contributed by atoms with Gasteiger partial charge in [0.2, 0.25) is 0 Å². The molecule has 1 heterocycles. The summed E-state index contributed by atoms with van der Waals surface area (Å²) < 4.78 is 6.67. The molecule has 1 aromatic carbocycles. The van der Waals surface area contributed by atoms with Gasteiger partial charge in [-0.2, -0.15) is 0 Å². The molecule has 1 aromatic heterocycles. The highest BCUT2D eigenvalue weighted by Crippen LogP contribution is 2.51. The van der Waals surface area contributed by atoms with E-state index in [9.17, 15) is 0 Å².